The van der Waals surface area contributed by atoms with E-state index in [2.05, 4.69) is 27.1 Å². The van der Waals surface area contributed by atoms with Crippen LogP contribution in [0.5, 0.6) is 0 Å². The van der Waals surface area contributed by atoms with E-state index < -0.39 is 12.2 Å². The Morgan fingerprint density at radius 3 is 2.80 bits per heavy atom. The molecule has 4 rings (SSSR count). The van der Waals surface area contributed by atoms with E-state index in [-0.39, 0.29) is 12.8 Å². The first kappa shape index (κ1) is 16.5. The Morgan fingerprint density at radius 2 is 2.04 bits per heavy atom. The molecule has 1 aliphatic rings. The molecular formula is C17H18N4O3S. The van der Waals surface area contributed by atoms with Crippen molar-refractivity contribution >= 4 is 22.9 Å². The lowest BCUT2D eigenvalue weighted by Gasteiger charge is -2.13. The molecule has 1 unspecified atom stereocenters. The van der Waals surface area contributed by atoms with Crippen LogP contribution in [0.3, 0.4) is 0 Å². The molecule has 0 amide bonds. The van der Waals surface area contributed by atoms with Crippen LogP contribution in [0, 0.1) is 0 Å². The molecule has 0 saturated carbocycles. The van der Waals surface area contributed by atoms with Gasteiger partial charge in [0.1, 0.15) is 29.2 Å². The van der Waals surface area contributed by atoms with Crippen LogP contribution >= 0.6 is 11.8 Å². The Labute approximate surface area is 148 Å². The van der Waals surface area contributed by atoms with Crippen molar-refractivity contribution in [1.29, 1.82) is 0 Å². The molecular weight excluding hydrogens is 340 g/mol. The summed E-state index contributed by atoms with van der Waals surface area (Å²) in [5.74, 6) is 0.797. The number of hydrogen-bond acceptors (Lipinski definition) is 7. The Hall–Kier alpha value is -2.00. The van der Waals surface area contributed by atoms with Gasteiger partial charge in [-0.1, -0.05) is 42.1 Å². The second kappa shape index (κ2) is 7.09. The summed E-state index contributed by atoms with van der Waals surface area (Å²) in [6, 6.07) is 10.2. The van der Waals surface area contributed by atoms with Gasteiger partial charge in [-0.15, -0.1) is 0 Å². The van der Waals surface area contributed by atoms with Crippen LogP contribution < -0.4 is 0 Å². The normalized spacial score (nSPS) is 23.4. The predicted octanol–water partition coefficient (Wildman–Crippen LogP) is 1.76. The highest BCUT2D eigenvalue weighted by Crippen LogP contribution is 2.32. The Balaban J connectivity index is 1.58. The summed E-state index contributed by atoms with van der Waals surface area (Å²) < 4.78 is 7.49. The average Bonchev–Trinajstić information content (AvgIpc) is 3.24. The Kier molecular flexibility index (Phi) is 4.67. The zero-order valence-electron chi connectivity index (χ0n) is 13.4. The number of aromatic nitrogens is 4. The fourth-order valence-electron chi connectivity index (χ4n) is 2.92. The molecule has 8 heteroatoms. The standard InChI is InChI=1S/C17H18N4O3S/c22-7-13-12(23)6-14(24-13)21-10-20-15-16(21)18-9-19-17(15)25-8-11-4-2-1-3-5-11/h1-5,9-10,12-14,22-23H,6-8H2/t12?,13-,14-/m1/s1. The van der Waals surface area contributed by atoms with Crippen molar-refractivity contribution < 1.29 is 14.9 Å². The van der Waals surface area contributed by atoms with E-state index in [1.807, 2.05) is 18.2 Å². The van der Waals surface area contributed by atoms with E-state index in [1.165, 1.54) is 11.9 Å². The molecule has 1 saturated heterocycles. The molecule has 1 fully saturated rings. The van der Waals surface area contributed by atoms with Crippen LogP contribution in [-0.2, 0) is 10.5 Å². The Bertz CT molecular complexity index is 857. The maximum atomic E-state index is 9.94. The molecule has 2 N–H and O–H groups in total. The predicted molar refractivity (Wildman–Crippen MR) is 92.9 cm³/mol. The molecule has 0 bridgehead atoms. The van der Waals surface area contributed by atoms with Crippen LogP contribution in [0.25, 0.3) is 11.2 Å². The summed E-state index contributed by atoms with van der Waals surface area (Å²) in [5, 5.41) is 20.0. The summed E-state index contributed by atoms with van der Waals surface area (Å²) in [7, 11) is 0. The maximum Gasteiger partial charge on any atom is 0.166 e. The van der Waals surface area contributed by atoms with Gasteiger partial charge in [0.15, 0.2) is 5.65 Å². The smallest absolute Gasteiger partial charge is 0.166 e. The molecule has 0 radical (unpaired) electrons. The van der Waals surface area contributed by atoms with E-state index >= 15 is 0 Å². The van der Waals surface area contributed by atoms with Crippen molar-refractivity contribution in [3.8, 4) is 0 Å². The van der Waals surface area contributed by atoms with Gasteiger partial charge in [0, 0.05) is 12.2 Å². The minimum Gasteiger partial charge on any atom is -0.394 e. The highest BCUT2D eigenvalue weighted by atomic mass is 32.2. The number of aliphatic hydroxyl groups is 2. The summed E-state index contributed by atoms with van der Waals surface area (Å²) in [6.45, 7) is -0.211. The molecule has 130 valence electrons. The Morgan fingerprint density at radius 1 is 1.20 bits per heavy atom. The highest BCUT2D eigenvalue weighted by molar-refractivity contribution is 7.98. The number of aliphatic hydroxyl groups excluding tert-OH is 2. The number of thioether (sulfide) groups is 1. The van der Waals surface area contributed by atoms with Gasteiger partial charge in [-0.05, 0) is 5.56 Å². The maximum absolute atomic E-state index is 9.94. The number of nitrogens with zero attached hydrogens (tertiary/aromatic N) is 4. The SMILES string of the molecule is OC[C@H]1O[C@@H](n2cnc3c(SCc4ccccc4)ncnc32)CC1O. The molecule has 2 aromatic heterocycles. The van der Waals surface area contributed by atoms with Gasteiger partial charge in [0.25, 0.3) is 0 Å². The van der Waals surface area contributed by atoms with Crippen molar-refractivity contribution in [3.05, 3.63) is 48.5 Å². The van der Waals surface area contributed by atoms with Crippen molar-refractivity contribution in [2.75, 3.05) is 6.61 Å². The number of rotatable bonds is 5. The van der Waals surface area contributed by atoms with Gasteiger partial charge in [-0.25, -0.2) is 15.0 Å². The molecule has 3 aromatic rings. The van der Waals surface area contributed by atoms with Gasteiger partial charge in [-0.3, -0.25) is 4.57 Å². The zero-order chi connectivity index (χ0) is 17.2. The number of benzene rings is 1. The topological polar surface area (TPSA) is 93.3 Å². The van der Waals surface area contributed by atoms with Crippen molar-refractivity contribution in [3.63, 3.8) is 0 Å². The van der Waals surface area contributed by atoms with Crippen molar-refractivity contribution in [2.24, 2.45) is 0 Å². The number of imidazole rings is 1. The molecule has 0 aliphatic carbocycles. The van der Waals surface area contributed by atoms with Crippen LogP contribution in [0.1, 0.15) is 18.2 Å². The second-order valence-corrected chi connectivity index (χ2v) is 6.86. The third-order valence-corrected chi connectivity index (χ3v) is 5.29. The lowest BCUT2D eigenvalue weighted by atomic mass is 10.2. The van der Waals surface area contributed by atoms with E-state index in [0.29, 0.717) is 17.6 Å². The zero-order valence-corrected chi connectivity index (χ0v) is 14.2. The lowest BCUT2D eigenvalue weighted by Crippen LogP contribution is -2.24. The monoisotopic (exact) mass is 358 g/mol. The molecule has 3 atom stereocenters. The average molecular weight is 358 g/mol. The van der Waals surface area contributed by atoms with E-state index in [1.54, 1.807) is 22.7 Å². The fourth-order valence-corrected chi connectivity index (χ4v) is 3.82. The third-order valence-electron chi connectivity index (χ3n) is 4.24. The van der Waals surface area contributed by atoms with Crippen LogP contribution in [0.2, 0.25) is 0 Å². The summed E-state index contributed by atoms with van der Waals surface area (Å²) in [5.41, 5.74) is 2.60. The summed E-state index contributed by atoms with van der Waals surface area (Å²) in [6.07, 6.45) is 1.91. The first-order chi connectivity index (χ1) is 12.3. The molecule has 0 spiro atoms. The number of hydrogen-bond donors (Lipinski definition) is 2. The minimum absolute atomic E-state index is 0.211. The summed E-state index contributed by atoms with van der Waals surface area (Å²) >= 11 is 1.61. The molecule has 25 heavy (non-hydrogen) atoms. The quantitative estimate of drug-likeness (QED) is 0.530. The van der Waals surface area contributed by atoms with E-state index in [0.717, 1.165) is 10.8 Å². The lowest BCUT2D eigenvalue weighted by molar-refractivity contribution is -0.0432. The summed E-state index contributed by atoms with van der Waals surface area (Å²) in [4.78, 5) is 13.1. The number of fused-ring (bicyclic) bond motifs is 1. The highest BCUT2D eigenvalue weighted by Gasteiger charge is 2.35. The van der Waals surface area contributed by atoms with Crippen LogP contribution in [-0.4, -0.2) is 48.5 Å². The third kappa shape index (κ3) is 3.25. The van der Waals surface area contributed by atoms with Gasteiger partial charge in [0.2, 0.25) is 0 Å². The van der Waals surface area contributed by atoms with Crippen molar-refractivity contribution in [2.45, 2.75) is 35.6 Å². The van der Waals surface area contributed by atoms with Crippen LogP contribution in [0.15, 0.2) is 48.0 Å². The molecule has 7 nitrogen and oxygen atoms in total. The van der Waals surface area contributed by atoms with Crippen molar-refractivity contribution in [1.82, 2.24) is 19.5 Å². The number of ether oxygens (including phenoxy) is 1. The first-order valence-electron chi connectivity index (χ1n) is 8.05. The minimum atomic E-state index is -0.693. The van der Waals surface area contributed by atoms with Crippen LogP contribution in [0.4, 0.5) is 0 Å². The molecule has 1 aromatic carbocycles. The fraction of sp³-hybridized carbons (Fsp3) is 0.353. The van der Waals surface area contributed by atoms with Gasteiger partial charge in [0.05, 0.1) is 19.0 Å². The van der Waals surface area contributed by atoms with Gasteiger partial charge >= 0.3 is 0 Å². The van der Waals surface area contributed by atoms with E-state index in [4.69, 9.17) is 4.74 Å². The van der Waals surface area contributed by atoms with Gasteiger partial charge in [-0.2, -0.15) is 0 Å². The molecule has 3 heterocycles. The largest absolute Gasteiger partial charge is 0.394 e. The first-order valence-corrected chi connectivity index (χ1v) is 9.03. The van der Waals surface area contributed by atoms with Gasteiger partial charge < -0.3 is 14.9 Å². The molecule has 1 aliphatic heterocycles. The van der Waals surface area contributed by atoms with E-state index in [9.17, 15) is 10.2 Å². The second-order valence-electron chi connectivity index (χ2n) is 5.89.